The lowest BCUT2D eigenvalue weighted by atomic mass is 10.3. The summed E-state index contributed by atoms with van der Waals surface area (Å²) >= 11 is 0. The minimum atomic E-state index is -0.211. The fraction of sp³-hybridized carbons (Fsp3) is 0.308. The van der Waals surface area contributed by atoms with Crippen LogP contribution in [0, 0.1) is 19.7 Å². The summed E-state index contributed by atoms with van der Waals surface area (Å²) in [5, 5.41) is 3.24. The Balaban J connectivity index is 1.87. The van der Waals surface area contributed by atoms with Crippen LogP contribution in [0.25, 0.3) is 0 Å². The molecule has 0 aliphatic carbocycles. The van der Waals surface area contributed by atoms with Crippen molar-refractivity contribution >= 4 is 5.69 Å². The molecule has 0 atom stereocenters. The van der Waals surface area contributed by atoms with Crippen LogP contribution in [0.3, 0.4) is 0 Å². The lowest BCUT2D eigenvalue weighted by molar-refractivity contribution is 0.628. The molecule has 0 saturated carbocycles. The second-order valence-electron chi connectivity index (χ2n) is 4.04. The second-order valence-corrected chi connectivity index (χ2v) is 4.04. The number of nitrogens with zero attached hydrogens (tertiary/aromatic N) is 2. The standard InChI is InChI=1S/C13H16FN3/c1-10-11(2)17(9-16-10)8-7-15-13-5-3-12(14)4-6-13/h3-6,9,15H,7-8H2,1-2H3. The van der Waals surface area contributed by atoms with Gasteiger partial charge in [-0.1, -0.05) is 0 Å². The van der Waals surface area contributed by atoms with Gasteiger partial charge in [-0.3, -0.25) is 0 Å². The predicted octanol–water partition coefficient (Wildman–Crippen LogP) is 2.75. The minimum Gasteiger partial charge on any atom is -0.383 e. The first kappa shape index (κ1) is 11.6. The number of halogens is 1. The average molecular weight is 233 g/mol. The van der Waals surface area contributed by atoms with E-state index in [0.29, 0.717) is 0 Å². The van der Waals surface area contributed by atoms with Gasteiger partial charge in [-0.05, 0) is 38.1 Å². The quantitative estimate of drug-likeness (QED) is 0.880. The van der Waals surface area contributed by atoms with Crippen LogP contribution in [0.5, 0.6) is 0 Å². The zero-order chi connectivity index (χ0) is 12.3. The molecule has 1 heterocycles. The number of imidazole rings is 1. The van der Waals surface area contributed by atoms with Gasteiger partial charge in [0.25, 0.3) is 0 Å². The van der Waals surface area contributed by atoms with Crippen LogP contribution in [0.1, 0.15) is 11.4 Å². The zero-order valence-electron chi connectivity index (χ0n) is 10.1. The van der Waals surface area contributed by atoms with Gasteiger partial charge in [-0.25, -0.2) is 9.37 Å². The summed E-state index contributed by atoms with van der Waals surface area (Å²) in [6, 6.07) is 6.38. The highest BCUT2D eigenvalue weighted by molar-refractivity contribution is 5.42. The molecule has 4 heteroatoms. The molecule has 1 aromatic heterocycles. The number of rotatable bonds is 4. The molecule has 0 fully saturated rings. The summed E-state index contributed by atoms with van der Waals surface area (Å²) in [6.07, 6.45) is 1.84. The van der Waals surface area contributed by atoms with Gasteiger partial charge in [-0.15, -0.1) is 0 Å². The molecule has 2 aromatic rings. The van der Waals surface area contributed by atoms with Crippen molar-refractivity contribution in [1.29, 1.82) is 0 Å². The van der Waals surface area contributed by atoms with Crippen LogP contribution in [-0.2, 0) is 6.54 Å². The van der Waals surface area contributed by atoms with E-state index in [4.69, 9.17) is 0 Å². The summed E-state index contributed by atoms with van der Waals surface area (Å²) in [7, 11) is 0. The van der Waals surface area contributed by atoms with Crippen LogP contribution >= 0.6 is 0 Å². The molecule has 0 saturated heterocycles. The Bertz CT molecular complexity index is 488. The molecule has 1 N–H and O–H groups in total. The van der Waals surface area contributed by atoms with Gasteiger partial charge in [-0.2, -0.15) is 0 Å². The van der Waals surface area contributed by atoms with Crippen LogP contribution in [-0.4, -0.2) is 16.1 Å². The van der Waals surface area contributed by atoms with Crippen LogP contribution in [0.2, 0.25) is 0 Å². The lowest BCUT2D eigenvalue weighted by Gasteiger charge is -2.08. The number of hydrogen-bond donors (Lipinski definition) is 1. The molecular formula is C13H16FN3. The Morgan fingerprint density at radius 3 is 2.53 bits per heavy atom. The van der Waals surface area contributed by atoms with Crippen molar-refractivity contribution in [2.75, 3.05) is 11.9 Å². The van der Waals surface area contributed by atoms with Crippen LogP contribution in [0.4, 0.5) is 10.1 Å². The SMILES string of the molecule is Cc1ncn(CCNc2ccc(F)cc2)c1C. The number of aromatic nitrogens is 2. The minimum absolute atomic E-state index is 0.211. The normalized spacial score (nSPS) is 10.5. The van der Waals surface area contributed by atoms with E-state index in [1.807, 2.05) is 13.3 Å². The fourth-order valence-electron chi connectivity index (χ4n) is 1.66. The number of anilines is 1. The average Bonchev–Trinajstić information content (AvgIpc) is 2.64. The number of hydrogen-bond acceptors (Lipinski definition) is 2. The molecule has 0 amide bonds. The Hall–Kier alpha value is -1.84. The first-order chi connectivity index (χ1) is 8.16. The highest BCUT2D eigenvalue weighted by Crippen LogP contribution is 2.08. The summed E-state index contributed by atoms with van der Waals surface area (Å²) in [5.74, 6) is -0.211. The summed E-state index contributed by atoms with van der Waals surface area (Å²) in [4.78, 5) is 4.24. The maximum atomic E-state index is 12.7. The molecule has 2 rings (SSSR count). The van der Waals surface area contributed by atoms with Crippen molar-refractivity contribution in [2.24, 2.45) is 0 Å². The lowest BCUT2D eigenvalue weighted by Crippen LogP contribution is -2.10. The Labute approximate surface area is 100 Å². The highest BCUT2D eigenvalue weighted by atomic mass is 19.1. The van der Waals surface area contributed by atoms with Gasteiger partial charge in [0.15, 0.2) is 0 Å². The first-order valence-electron chi connectivity index (χ1n) is 5.64. The molecule has 0 aliphatic rings. The van der Waals surface area contributed by atoms with Gasteiger partial charge in [0.05, 0.1) is 12.0 Å². The summed E-state index contributed by atoms with van der Waals surface area (Å²) in [5.41, 5.74) is 3.18. The van der Waals surface area contributed by atoms with Crippen LogP contribution < -0.4 is 5.32 Å². The van der Waals surface area contributed by atoms with E-state index in [2.05, 4.69) is 21.8 Å². The van der Waals surface area contributed by atoms with Crippen molar-refractivity contribution in [2.45, 2.75) is 20.4 Å². The Kier molecular flexibility index (Phi) is 3.42. The summed E-state index contributed by atoms with van der Waals surface area (Å²) < 4.78 is 14.8. The second kappa shape index (κ2) is 4.99. The van der Waals surface area contributed by atoms with E-state index in [9.17, 15) is 4.39 Å². The number of benzene rings is 1. The van der Waals surface area contributed by atoms with Gasteiger partial charge >= 0.3 is 0 Å². The van der Waals surface area contributed by atoms with E-state index in [0.717, 1.165) is 24.5 Å². The molecular weight excluding hydrogens is 217 g/mol. The third-order valence-corrected chi connectivity index (χ3v) is 2.87. The Morgan fingerprint density at radius 1 is 1.24 bits per heavy atom. The van der Waals surface area contributed by atoms with E-state index < -0.39 is 0 Å². The van der Waals surface area contributed by atoms with Crippen molar-refractivity contribution in [3.63, 3.8) is 0 Å². The van der Waals surface area contributed by atoms with E-state index >= 15 is 0 Å². The molecule has 1 aromatic carbocycles. The molecule has 0 unspecified atom stereocenters. The zero-order valence-corrected chi connectivity index (χ0v) is 10.1. The topological polar surface area (TPSA) is 29.9 Å². The monoisotopic (exact) mass is 233 g/mol. The molecule has 0 spiro atoms. The Morgan fingerprint density at radius 2 is 1.94 bits per heavy atom. The fourth-order valence-corrected chi connectivity index (χ4v) is 1.66. The molecule has 0 aliphatic heterocycles. The van der Waals surface area contributed by atoms with E-state index in [-0.39, 0.29) is 5.82 Å². The van der Waals surface area contributed by atoms with Gasteiger partial charge in [0, 0.05) is 24.5 Å². The van der Waals surface area contributed by atoms with E-state index in [1.54, 1.807) is 12.1 Å². The van der Waals surface area contributed by atoms with Crippen LogP contribution in [0.15, 0.2) is 30.6 Å². The third-order valence-electron chi connectivity index (χ3n) is 2.87. The maximum absolute atomic E-state index is 12.7. The molecule has 3 nitrogen and oxygen atoms in total. The van der Waals surface area contributed by atoms with E-state index in [1.165, 1.54) is 17.8 Å². The van der Waals surface area contributed by atoms with Gasteiger partial charge < -0.3 is 9.88 Å². The van der Waals surface area contributed by atoms with Crippen molar-refractivity contribution < 1.29 is 4.39 Å². The smallest absolute Gasteiger partial charge is 0.123 e. The number of aryl methyl sites for hydroxylation is 1. The maximum Gasteiger partial charge on any atom is 0.123 e. The van der Waals surface area contributed by atoms with Crippen molar-refractivity contribution in [3.8, 4) is 0 Å². The summed E-state index contributed by atoms with van der Waals surface area (Å²) in [6.45, 7) is 5.70. The molecule has 0 radical (unpaired) electrons. The molecule has 0 bridgehead atoms. The highest BCUT2D eigenvalue weighted by Gasteiger charge is 2.00. The first-order valence-corrected chi connectivity index (χ1v) is 5.64. The molecule has 90 valence electrons. The van der Waals surface area contributed by atoms with Gasteiger partial charge in [0.2, 0.25) is 0 Å². The predicted molar refractivity (Wildman–Crippen MR) is 66.6 cm³/mol. The van der Waals surface area contributed by atoms with Crippen molar-refractivity contribution in [1.82, 2.24) is 9.55 Å². The molecule has 17 heavy (non-hydrogen) atoms. The van der Waals surface area contributed by atoms with Gasteiger partial charge in [0.1, 0.15) is 5.82 Å². The largest absolute Gasteiger partial charge is 0.383 e. The number of nitrogens with one attached hydrogen (secondary N) is 1. The third kappa shape index (κ3) is 2.84. The van der Waals surface area contributed by atoms with Crippen molar-refractivity contribution in [3.05, 3.63) is 47.8 Å².